The molecule has 0 aliphatic rings. The van der Waals surface area contributed by atoms with Gasteiger partial charge in [0, 0.05) is 24.4 Å². The predicted octanol–water partition coefficient (Wildman–Crippen LogP) is 1.40. The summed E-state index contributed by atoms with van der Waals surface area (Å²) in [4.78, 5) is 3.91. The fourth-order valence-electron chi connectivity index (χ4n) is 1.81. The second-order valence-electron chi connectivity index (χ2n) is 4.16. The van der Waals surface area contributed by atoms with Crippen molar-refractivity contribution in [2.24, 2.45) is 0 Å². The Bertz CT molecular complexity index is 670. The summed E-state index contributed by atoms with van der Waals surface area (Å²) in [5.41, 5.74) is 0.698. The van der Waals surface area contributed by atoms with Crippen LogP contribution in [0.15, 0.2) is 30.7 Å². The number of aromatic nitrogens is 3. The molecule has 0 bridgehead atoms. The monoisotopic (exact) mass is 285 g/mol. The van der Waals surface area contributed by atoms with Gasteiger partial charge in [-0.1, -0.05) is 6.92 Å². The van der Waals surface area contributed by atoms with Crippen molar-refractivity contribution in [2.45, 2.75) is 12.8 Å². The van der Waals surface area contributed by atoms with E-state index < -0.39 is 27.6 Å². The minimum absolute atomic E-state index is 0.348. The van der Waals surface area contributed by atoms with Crippen LogP contribution >= 0.6 is 0 Å². The van der Waals surface area contributed by atoms with Gasteiger partial charge in [-0.15, -0.1) is 0 Å². The van der Waals surface area contributed by atoms with Gasteiger partial charge in [-0.3, -0.25) is 9.54 Å². The van der Waals surface area contributed by atoms with E-state index in [0.29, 0.717) is 11.4 Å². The topological polar surface area (TPSA) is 85.1 Å². The van der Waals surface area contributed by atoms with Gasteiger partial charge in [0.15, 0.2) is 0 Å². The molecule has 6 nitrogen and oxygen atoms in total. The second kappa shape index (κ2) is 5.06. The number of hydrogen-bond acceptors (Lipinski definition) is 4. The van der Waals surface area contributed by atoms with Gasteiger partial charge in [0.2, 0.25) is 0 Å². The Morgan fingerprint density at radius 1 is 1.53 bits per heavy atom. The van der Waals surface area contributed by atoms with Gasteiger partial charge >= 0.3 is 0 Å². The molecule has 2 rings (SSSR count). The maximum absolute atomic E-state index is 13.3. The molecule has 0 fully saturated rings. The van der Waals surface area contributed by atoms with Crippen LogP contribution in [0, 0.1) is 5.82 Å². The Labute approximate surface area is 109 Å². The van der Waals surface area contributed by atoms with E-state index in [1.165, 1.54) is 16.9 Å². The number of halogens is 1. The molecule has 0 aliphatic heterocycles. The van der Waals surface area contributed by atoms with Gasteiger partial charge in [0.25, 0.3) is 10.1 Å². The molecule has 0 radical (unpaired) electrons. The Morgan fingerprint density at radius 3 is 2.84 bits per heavy atom. The molecule has 1 atom stereocenters. The van der Waals surface area contributed by atoms with Crippen LogP contribution in [0.4, 0.5) is 4.39 Å². The van der Waals surface area contributed by atoms with Crippen LogP contribution in [0.1, 0.15) is 18.5 Å². The Balaban J connectivity index is 2.46. The second-order valence-corrected chi connectivity index (χ2v) is 5.66. The highest BCUT2D eigenvalue weighted by molar-refractivity contribution is 7.85. The van der Waals surface area contributed by atoms with Crippen molar-refractivity contribution < 1.29 is 17.4 Å². The van der Waals surface area contributed by atoms with Crippen molar-refractivity contribution >= 4 is 10.1 Å². The third kappa shape index (κ3) is 3.36. The zero-order chi connectivity index (χ0) is 14.0. The van der Waals surface area contributed by atoms with Crippen molar-refractivity contribution in [1.82, 2.24) is 14.8 Å². The molecule has 0 amide bonds. The standard InChI is InChI=1S/C11H12FN3O3S/c1-8(7-19(16,17)18)11-10(5-9(12)6-13-11)15-4-2-3-14-15/h2-6,8H,7H2,1H3,(H,16,17,18)/t8-/m0/s1. The molecule has 2 aromatic heterocycles. The summed E-state index contributed by atoms with van der Waals surface area (Å²) in [5, 5.41) is 3.97. The first kappa shape index (κ1) is 13.6. The quantitative estimate of drug-likeness (QED) is 0.858. The highest BCUT2D eigenvalue weighted by Crippen LogP contribution is 2.22. The summed E-state index contributed by atoms with van der Waals surface area (Å²) >= 11 is 0. The SMILES string of the molecule is C[C@@H](CS(=O)(=O)O)c1ncc(F)cc1-n1cccn1. The van der Waals surface area contributed by atoms with Crippen LogP contribution < -0.4 is 0 Å². The van der Waals surface area contributed by atoms with E-state index in [0.717, 1.165) is 6.20 Å². The Morgan fingerprint density at radius 2 is 2.26 bits per heavy atom. The minimum Gasteiger partial charge on any atom is -0.286 e. The normalized spacial score (nSPS) is 13.4. The first-order chi connectivity index (χ1) is 8.87. The number of rotatable bonds is 4. The van der Waals surface area contributed by atoms with Gasteiger partial charge < -0.3 is 0 Å². The number of hydrogen-bond donors (Lipinski definition) is 1. The lowest BCUT2D eigenvalue weighted by molar-refractivity contribution is 0.478. The molecule has 102 valence electrons. The Kier molecular flexibility index (Phi) is 3.63. The molecule has 0 spiro atoms. The van der Waals surface area contributed by atoms with Gasteiger partial charge in [-0.25, -0.2) is 9.07 Å². The molecule has 0 saturated carbocycles. The molecule has 0 unspecified atom stereocenters. The molecule has 2 heterocycles. The fourth-order valence-corrected chi connectivity index (χ4v) is 2.60. The van der Waals surface area contributed by atoms with Crippen molar-refractivity contribution in [1.29, 1.82) is 0 Å². The van der Waals surface area contributed by atoms with Crippen molar-refractivity contribution in [3.8, 4) is 5.69 Å². The molecular weight excluding hydrogens is 273 g/mol. The van der Waals surface area contributed by atoms with Crippen LogP contribution in [0.25, 0.3) is 5.69 Å². The van der Waals surface area contributed by atoms with Crippen molar-refractivity contribution in [3.63, 3.8) is 0 Å². The molecule has 8 heteroatoms. The first-order valence-corrected chi connectivity index (χ1v) is 7.08. The van der Waals surface area contributed by atoms with Gasteiger partial charge in [0.05, 0.1) is 23.3 Å². The van der Waals surface area contributed by atoms with Crippen molar-refractivity contribution in [3.05, 3.63) is 42.2 Å². The summed E-state index contributed by atoms with van der Waals surface area (Å²) < 4.78 is 45.4. The predicted molar refractivity (Wildman–Crippen MR) is 66.1 cm³/mol. The van der Waals surface area contributed by atoms with E-state index in [1.807, 2.05) is 0 Å². The third-order valence-electron chi connectivity index (χ3n) is 2.54. The van der Waals surface area contributed by atoms with E-state index in [1.54, 1.807) is 19.2 Å². The smallest absolute Gasteiger partial charge is 0.265 e. The first-order valence-electron chi connectivity index (χ1n) is 5.47. The molecule has 1 N–H and O–H groups in total. The van der Waals surface area contributed by atoms with E-state index in [-0.39, 0.29) is 0 Å². The molecule has 0 aliphatic carbocycles. The van der Waals surface area contributed by atoms with E-state index >= 15 is 0 Å². The maximum Gasteiger partial charge on any atom is 0.265 e. The Hall–Kier alpha value is -1.80. The highest BCUT2D eigenvalue weighted by Gasteiger charge is 2.20. The van der Waals surface area contributed by atoms with Gasteiger partial charge in [-0.2, -0.15) is 13.5 Å². The molecule has 0 aromatic carbocycles. The maximum atomic E-state index is 13.3. The zero-order valence-electron chi connectivity index (χ0n) is 10.1. The lowest BCUT2D eigenvalue weighted by Crippen LogP contribution is -2.15. The van der Waals surface area contributed by atoms with Crippen LogP contribution in [0.3, 0.4) is 0 Å². The lowest BCUT2D eigenvalue weighted by Gasteiger charge is -2.14. The van der Waals surface area contributed by atoms with Crippen molar-refractivity contribution in [2.75, 3.05) is 5.75 Å². The van der Waals surface area contributed by atoms with E-state index in [9.17, 15) is 12.8 Å². The van der Waals surface area contributed by atoms with Crippen LogP contribution in [0.2, 0.25) is 0 Å². The summed E-state index contributed by atoms with van der Waals surface area (Å²) in [7, 11) is -4.13. The van der Waals surface area contributed by atoms with Crippen LogP contribution in [0.5, 0.6) is 0 Å². The minimum atomic E-state index is -4.13. The average molecular weight is 285 g/mol. The van der Waals surface area contributed by atoms with Crippen LogP contribution in [-0.2, 0) is 10.1 Å². The summed E-state index contributed by atoms with van der Waals surface area (Å²) in [6.07, 6.45) is 4.12. The van der Waals surface area contributed by atoms with Gasteiger partial charge in [0.1, 0.15) is 5.82 Å². The average Bonchev–Trinajstić information content (AvgIpc) is 2.79. The lowest BCUT2D eigenvalue weighted by atomic mass is 10.1. The number of pyridine rings is 1. The summed E-state index contributed by atoms with van der Waals surface area (Å²) in [5.74, 6) is -1.62. The summed E-state index contributed by atoms with van der Waals surface area (Å²) in [6, 6.07) is 2.87. The van der Waals surface area contributed by atoms with Crippen LogP contribution in [-0.4, -0.2) is 33.5 Å². The van der Waals surface area contributed by atoms with E-state index in [4.69, 9.17) is 4.55 Å². The molecule has 2 aromatic rings. The van der Waals surface area contributed by atoms with Gasteiger partial charge in [-0.05, 0) is 6.07 Å². The highest BCUT2D eigenvalue weighted by atomic mass is 32.2. The molecular formula is C11H12FN3O3S. The van der Waals surface area contributed by atoms with E-state index in [2.05, 4.69) is 10.1 Å². The fraction of sp³-hybridized carbons (Fsp3) is 0.273. The molecule has 0 saturated heterocycles. The largest absolute Gasteiger partial charge is 0.286 e. The molecule has 19 heavy (non-hydrogen) atoms. The zero-order valence-corrected chi connectivity index (χ0v) is 10.9. The number of nitrogens with zero attached hydrogens (tertiary/aromatic N) is 3. The third-order valence-corrected chi connectivity index (χ3v) is 3.46. The summed E-state index contributed by atoms with van der Waals surface area (Å²) in [6.45, 7) is 1.58.